The van der Waals surface area contributed by atoms with Crippen LogP contribution < -0.4 is 0 Å². The summed E-state index contributed by atoms with van der Waals surface area (Å²) in [4.78, 5) is 1.19. The summed E-state index contributed by atoms with van der Waals surface area (Å²) in [5, 5.41) is 2.01. The predicted molar refractivity (Wildman–Crippen MR) is 43.5 cm³/mol. The average Bonchev–Trinajstić information content (AvgIpc) is 2.72. The minimum Gasteiger partial charge on any atom is -0.0907 e. The zero-order valence-electron chi connectivity index (χ0n) is 5.69. The fourth-order valence-electron chi connectivity index (χ4n) is 1.26. The maximum atomic E-state index is 4.98. The molecular weight excluding hydrogens is 160 g/mol. The molecule has 11 heavy (non-hydrogen) atoms. The van der Waals surface area contributed by atoms with Gasteiger partial charge >= 0.3 is 0 Å². The van der Waals surface area contributed by atoms with Crippen LogP contribution in [0.2, 0.25) is 0 Å². The molecule has 3 rings (SSSR count). The van der Waals surface area contributed by atoms with Crippen LogP contribution >= 0.6 is 10.6 Å². The molecule has 2 aliphatic rings. The van der Waals surface area contributed by atoms with E-state index < -0.39 is 10.6 Å². The highest BCUT2D eigenvalue weighted by molar-refractivity contribution is 8.32. The summed E-state index contributed by atoms with van der Waals surface area (Å²) in [5.74, 6) is 0. The molecule has 56 valence electrons. The van der Waals surface area contributed by atoms with Gasteiger partial charge in [-0.25, -0.2) is 0 Å². The van der Waals surface area contributed by atoms with Crippen LogP contribution in [-0.4, -0.2) is 0 Å². The third-order valence-electron chi connectivity index (χ3n) is 1.87. The molecule has 2 heterocycles. The van der Waals surface area contributed by atoms with Crippen LogP contribution in [0.1, 0.15) is 5.56 Å². The van der Waals surface area contributed by atoms with E-state index in [1.807, 2.05) is 17.5 Å². The van der Waals surface area contributed by atoms with Gasteiger partial charge in [0.15, 0.2) is 0 Å². The summed E-state index contributed by atoms with van der Waals surface area (Å²) >= 11 is 0. The molecule has 1 aromatic carbocycles. The van der Waals surface area contributed by atoms with Crippen LogP contribution in [0.25, 0.3) is 6.08 Å². The third kappa shape index (κ3) is 0.651. The molecule has 0 unspecified atom stereocenters. The van der Waals surface area contributed by atoms with Gasteiger partial charge in [-0.05, 0) is 17.7 Å². The summed E-state index contributed by atoms with van der Waals surface area (Å²) in [6, 6.07) is 8.14. The van der Waals surface area contributed by atoms with E-state index in [2.05, 4.69) is 18.2 Å². The lowest BCUT2D eigenvalue weighted by Crippen LogP contribution is -1.76. The Kier molecular flexibility index (Phi) is 0.896. The monoisotopic (exact) mass is 166 g/mol. The second-order valence-corrected chi connectivity index (χ2v) is 4.60. The van der Waals surface area contributed by atoms with Gasteiger partial charge in [-0.15, -0.1) is 0 Å². The summed E-state index contributed by atoms with van der Waals surface area (Å²) in [6.07, 6.45) is 2.05. The van der Waals surface area contributed by atoms with E-state index in [-0.39, 0.29) is 0 Å². The fourth-order valence-corrected chi connectivity index (χ4v) is 2.94. The highest BCUT2D eigenvalue weighted by atomic mass is 32.3. The van der Waals surface area contributed by atoms with Crippen LogP contribution in [0.3, 0.4) is 0 Å². The van der Waals surface area contributed by atoms with Crippen molar-refractivity contribution >= 4 is 16.7 Å². The highest BCUT2D eigenvalue weighted by Crippen LogP contribution is 2.76. The lowest BCUT2D eigenvalue weighted by Gasteiger charge is -2.04. The number of rotatable bonds is 0. The molecule has 0 aromatic heterocycles. The Hall–Kier alpha value is -0.770. The Morgan fingerprint density at radius 1 is 1.09 bits per heavy atom. The highest BCUT2D eigenvalue weighted by Gasteiger charge is 2.42. The van der Waals surface area contributed by atoms with Crippen molar-refractivity contribution in [3.05, 3.63) is 35.2 Å². The first-order valence-corrected chi connectivity index (χ1v) is 4.94. The lowest BCUT2D eigenvalue weighted by molar-refractivity contribution is 0.0850. The largest absolute Gasteiger partial charge is 0.0907 e. The molecule has 0 radical (unpaired) electrons. The van der Waals surface area contributed by atoms with Crippen molar-refractivity contribution in [3.8, 4) is 0 Å². The first-order valence-electron chi connectivity index (χ1n) is 3.39. The molecule has 2 nitrogen and oxygen atoms in total. The second kappa shape index (κ2) is 1.69. The number of hydrogen-bond acceptors (Lipinski definition) is 2. The van der Waals surface area contributed by atoms with Crippen molar-refractivity contribution in [3.63, 3.8) is 0 Å². The third-order valence-corrected chi connectivity index (χ3v) is 3.78. The molecule has 0 atom stereocenters. The van der Waals surface area contributed by atoms with Crippen molar-refractivity contribution in [1.82, 2.24) is 0 Å². The second-order valence-electron chi connectivity index (χ2n) is 2.52. The molecule has 0 bridgehead atoms. The van der Waals surface area contributed by atoms with Crippen LogP contribution in [0, 0.1) is 0 Å². The standard InChI is InChI=1S/C8H6O2S/c1-2-4-8-7(3-1)5-6-11(8)9-10-11/h1-6H. The van der Waals surface area contributed by atoms with Gasteiger partial charge in [0.05, 0.1) is 4.90 Å². The zero-order chi connectivity index (χ0) is 7.31. The minimum absolute atomic E-state index is 1.19. The van der Waals surface area contributed by atoms with E-state index in [0.717, 1.165) is 0 Å². The first kappa shape index (κ1) is 5.83. The molecule has 0 amide bonds. The van der Waals surface area contributed by atoms with Crippen LogP contribution in [0.5, 0.6) is 0 Å². The molecule has 1 spiro atoms. The number of hydrogen-bond donors (Lipinski definition) is 0. The topological polar surface area (TPSA) is 25.1 Å². The average molecular weight is 166 g/mol. The molecule has 1 fully saturated rings. The van der Waals surface area contributed by atoms with Crippen LogP contribution in [0.4, 0.5) is 0 Å². The predicted octanol–water partition coefficient (Wildman–Crippen LogP) is 2.63. The fraction of sp³-hybridized carbons (Fsp3) is 0. The van der Waals surface area contributed by atoms with E-state index in [9.17, 15) is 0 Å². The van der Waals surface area contributed by atoms with Gasteiger partial charge in [0.2, 0.25) is 0 Å². The number of fused-ring (bicyclic) bond motifs is 2. The Morgan fingerprint density at radius 3 is 2.73 bits per heavy atom. The van der Waals surface area contributed by atoms with Gasteiger partial charge in [0.25, 0.3) is 0 Å². The number of benzene rings is 1. The minimum atomic E-state index is -1.34. The molecule has 1 saturated heterocycles. The van der Waals surface area contributed by atoms with Gasteiger partial charge in [-0.1, -0.05) is 37.5 Å². The Bertz CT molecular complexity index is 342. The summed E-state index contributed by atoms with van der Waals surface area (Å²) in [7, 11) is -1.34. The van der Waals surface area contributed by atoms with Crippen LogP contribution in [0.15, 0.2) is 34.6 Å². The molecule has 3 heteroatoms. The first-order chi connectivity index (χ1) is 5.41. The van der Waals surface area contributed by atoms with Crippen molar-refractivity contribution in [2.24, 2.45) is 0 Å². The zero-order valence-corrected chi connectivity index (χ0v) is 6.51. The van der Waals surface area contributed by atoms with Crippen molar-refractivity contribution in [2.75, 3.05) is 0 Å². The smallest absolute Gasteiger partial charge is 0.0768 e. The van der Waals surface area contributed by atoms with Gasteiger partial charge in [0, 0.05) is 5.41 Å². The normalized spacial score (nSPS) is 25.1. The molecule has 0 saturated carbocycles. The molecule has 2 aliphatic heterocycles. The van der Waals surface area contributed by atoms with Crippen molar-refractivity contribution < 1.29 is 8.67 Å². The molecular formula is C8H6O2S. The van der Waals surface area contributed by atoms with Gasteiger partial charge in [-0.3, -0.25) is 0 Å². The van der Waals surface area contributed by atoms with E-state index in [1.54, 1.807) is 0 Å². The Morgan fingerprint density at radius 2 is 1.91 bits per heavy atom. The summed E-state index contributed by atoms with van der Waals surface area (Å²) in [6.45, 7) is 0. The van der Waals surface area contributed by atoms with Crippen molar-refractivity contribution in [1.29, 1.82) is 0 Å². The van der Waals surface area contributed by atoms with E-state index in [0.29, 0.717) is 0 Å². The van der Waals surface area contributed by atoms with Gasteiger partial charge in [-0.2, -0.15) is 0 Å². The molecule has 0 N–H and O–H groups in total. The van der Waals surface area contributed by atoms with E-state index in [4.69, 9.17) is 8.67 Å². The van der Waals surface area contributed by atoms with E-state index in [1.165, 1.54) is 10.5 Å². The molecule has 1 aromatic rings. The van der Waals surface area contributed by atoms with Crippen molar-refractivity contribution in [2.45, 2.75) is 4.90 Å². The lowest BCUT2D eigenvalue weighted by atomic mass is 10.2. The van der Waals surface area contributed by atoms with E-state index >= 15 is 0 Å². The van der Waals surface area contributed by atoms with Gasteiger partial charge < -0.3 is 0 Å². The summed E-state index contributed by atoms with van der Waals surface area (Å²) in [5.41, 5.74) is 1.22. The quantitative estimate of drug-likeness (QED) is 0.437. The molecule has 0 aliphatic carbocycles. The van der Waals surface area contributed by atoms with Crippen LogP contribution in [-0.2, 0) is 8.67 Å². The Labute approximate surface area is 66.1 Å². The Balaban J connectivity index is 2.28. The summed E-state index contributed by atoms with van der Waals surface area (Å²) < 4.78 is 9.96. The maximum Gasteiger partial charge on any atom is 0.0768 e. The SMILES string of the molecule is C1=CS2(OO2)c2ccccc21. The maximum absolute atomic E-state index is 4.98. The van der Waals surface area contributed by atoms with Gasteiger partial charge in [0.1, 0.15) is 0 Å².